The van der Waals surface area contributed by atoms with E-state index in [1.54, 1.807) is 4.57 Å². The Labute approximate surface area is 141 Å². The number of anilines is 2. The van der Waals surface area contributed by atoms with Crippen LogP contribution in [0.25, 0.3) is 5.69 Å². The number of benzene rings is 2. The van der Waals surface area contributed by atoms with Crippen LogP contribution in [0.1, 0.15) is 0 Å². The van der Waals surface area contributed by atoms with Crippen LogP contribution in [-0.2, 0) is 0 Å². The van der Waals surface area contributed by atoms with Crippen molar-refractivity contribution in [3.05, 3.63) is 67.1 Å². The second-order valence-corrected chi connectivity index (χ2v) is 6.76. The van der Waals surface area contributed by atoms with Crippen LogP contribution in [-0.4, -0.2) is 8.94 Å². The second-order valence-electron chi connectivity index (χ2n) is 4.22. The molecule has 2 aromatic carbocycles. The minimum Gasteiger partial charge on any atom is -0.324 e. The molecular formula is C14H9Br2N3OS. The van der Waals surface area contributed by atoms with Gasteiger partial charge in [0.25, 0.3) is 0 Å². The molecule has 4 nitrogen and oxygen atoms in total. The van der Waals surface area contributed by atoms with E-state index in [0.717, 1.165) is 31.9 Å². The summed E-state index contributed by atoms with van der Waals surface area (Å²) < 4.78 is 7.70. The predicted molar refractivity (Wildman–Crippen MR) is 92.8 cm³/mol. The molecule has 0 atom stereocenters. The summed E-state index contributed by atoms with van der Waals surface area (Å²) >= 11 is 7.70. The molecule has 1 N–H and O–H groups in total. The van der Waals surface area contributed by atoms with Crippen molar-refractivity contribution in [2.75, 3.05) is 5.32 Å². The molecule has 0 aliphatic carbocycles. The topological polar surface area (TPSA) is 46.9 Å². The van der Waals surface area contributed by atoms with Gasteiger partial charge in [-0.15, -0.1) is 0 Å². The third-order valence-corrected chi connectivity index (χ3v) is 4.45. The smallest absolute Gasteiger partial charge is 0.324 e. The van der Waals surface area contributed by atoms with Gasteiger partial charge < -0.3 is 5.32 Å². The summed E-state index contributed by atoms with van der Waals surface area (Å²) in [7, 11) is 0. The Balaban J connectivity index is 1.99. The summed E-state index contributed by atoms with van der Waals surface area (Å²) in [5.41, 5.74) is 1.64. The molecule has 3 rings (SSSR count). The van der Waals surface area contributed by atoms with Crippen LogP contribution in [0.5, 0.6) is 0 Å². The lowest BCUT2D eigenvalue weighted by Crippen LogP contribution is -2.13. The Morgan fingerprint density at radius 1 is 0.952 bits per heavy atom. The fraction of sp³-hybridized carbons (Fsp3) is 0. The van der Waals surface area contributed by atoms with Crippen LogP contribution in [0.3, 0.4) is 0 Å². The standard InChI is InChI=1S/C14H9Br2N3OS/c15-9-1-5-11(6-2-9)17-13-18-21-14(20)19(13)12-7-3-10(16)4-8-12/h1-8H,(H,17,18). The highest BCUT2D eigenvalue weighted by Gasteiger charge is 2.11. The van der Waals surface area contributed by atoms with Crippen LogP contribution in [0, 0.1) is 0 Å². The fourth-order valence-electron chi connectivity index (χ4n) is 1.81. The molecule has 3 aromatic rings. The van der Waals surface area contributed by atoms with Crippen LogP contribution in [0.2, 0.25) is 0 Å². The number of nitrogens with one attached hydrogen (secondary N) is 1. The molecule has 7 heteroatoms. The highest BCUT2D eigenvalue weighted by Crippen LogP contribution is 2.21. The summed E-state index contributed by atoms with van der Waals surface area (Å²) in [5, 5.41) is 3.16. The summed E-state index contributed by atoms with van der Waals surface area (Å²) in [6.07, 6.45) is 0. The average Bonchev–Trinajstić information content (AvgIpc) is 2.83. The van der Waals surface area contributed by atoms with E-state index in [1.165, 1.54) is 0 Å². The molecule has 0 amide bonds. The van der Waals surface area contributed by atoms with Crippen molar-refractivity contribution in [1.82, 2.24) is 8.94 Å². The first-order valence-electron chi connectivity index (χ1n) is 6.01. The maximum absolute atomic E-state index is 12.0. The number of hydrogen-bond acceptors (Lipinski definition) is 4. The Kier molecular flexibility index (Phi) is 4.23. The Morgan fingerprint density at radius 3 is 2.14 bits per heavy atom. The zero-order valence-corrected chi connectivity index (χ0v) is 14.6. The molecule has 0 spiro atoms. The van der Waals surface area contributed by atoms with Crippen molar-refractivity contribution in [2.24, 2.45) is 0 Å². The van der Waals surface area contributed by atoms with Gasteiger partial charge in [-0.25, -0.2) is 4.57 Å². The van der Waals surface area contributed by atoms with Crippen molar-refractivity contribution in [2.45, 2.75) is 0 Å². The summed E-state index contributed by atoms with van der Waals surface area (Å²) in [5.74, 6) is 0.509. The SMILES string of the molecule is O=c1snc(Nc2ccc(Br)cc2)n1-c1ccc(Br)cc1. The molecule has 0 unspecified atom stereocenters. The quantitative estimate of drug-likeness (QED) is 0.667. The highest BCUT2D eigenvalue weighted by molar-refractivity contribution is 9.10. The highest BCUT2D eigenvalue weighted by atomic mass is 79.9. The molecule has 0 aliphatic rings. The zero-order valence-electron chi connectivity index (χ0n) is 10.6. The summed E-state index contributed by atoms with van der Waals surface area (Å²) in [4.78, 5) is 11.9. The maximum atomic E-state index is 12.0. The minimum absolute atomic E-state index is 0.128. The number of rotatable bonds is 3. The average molecular weight is 427 g/mol. The van der Waals surface area contributed by atoms with Crippen molar-refractivity contribution in [3.63, 3.8) is 0 Å². The number of nitrogens with zero attached hydrogens (tertiary/aromatic N) is 2. The fourth-order valence-corrected chi connectivity index (χ4v) is 2.90. The Bertz CT molecular complexity index is 809. The molecule has 0 saturated heterocycles. The van der Waals surface area contributed by atoms with Crippen molar-refractivity contribution in [1.29, 1.82) is 0 Å². The molecule has 106 valence electrons. The van der Waals surface area contributed by atoms with E-state index >= 15 is 0 Å². The molecule has 0 bridgehead atoms. The third-order valence-electron chi connectivity index (χ3n) is 2.79. The molecule has 21 heavy (non-hydrogen) atoms. The van der Waals surface area contributed by atoms with Gasteiger partial charge in [0.15, 0.2) is 0 Å². The minimum atomic E-state index is -0.128. The first-order valence-corrected chi connectivity index (χ1v) is 8.37. The lowest BCUT2D eigenvalue weighted by molar-refractivity contribution is 1.02. The van der Waals surface area contributed by atoms with Gasteiger partial charge in [-0.3, -0.25) is 4.79 Å². The van der Waals surface area contributed by atoms with Gasteiger partial charge in [0.1, 0.15) is 0 Å². The van der Waals surface area contributed by atoms with Gasteiger partial charge in [-0.05, 0) is 48.5 Å². The lowest BCUT2D eigenvalue weighted by atomic mass is 10.3. The van der Waals surface area contributed by atoms with E-state index in [0.29, 0.717) is 5.95 Å². The van der Waals surface area contributed by atoms with Crippen LogP contribution in [0.15, 0.2) is 62.3 Å². The molecule has 0 aliphatic heterocycles. The van der Waals surface area contributed by atoms with E-state index in [2.05, 4.69) is 41.6 Å². The largest absolute Gasteiger partial charge is 0.332 e. The van der Waals surface area contributed by atoms with E-state index < -0.39 is 0 Å². The van der Waals surface area contributed by atoms with Crippen molar-refractivity contribution in [3.8, 4) is 5.69 Å². The van der Waals surface area contributed by atoms with Crippen LogP contribution < -0.4 is 10.2 Å². The normalized spacial score (nSPS) is 10.6. The third kappa shape index (κ3) is 3.25. The zero-order chi connectivity index (χ0) is 14.8. The van der Waals surface area contributed by atoms with Gasteiger partial charge in [-0.2, -0.15) is 4.37 Å². The molecular weight excluding hydrogens is 418 g/mol. The molecule has 1 aromatic heterocycles. The number of halogens is 2. The predicted octanol–water partition coefficient (Wildman–Crippen LogP) is 4.56. The second kappa shape index (κ2) is 6.13. The van der Waals surface area contributed by atoms with Gasteiger partial charge >= 0.3 is 4.87 Å². The molecule has 0 fully saturated rings. The van der Waals surface area contributed by atoms with Crippen LogP contribution in [0.4, 0.5) is 11.6 Å². The first-order chi connectivity index (χ1) is 10.1. The van der Waals surface area contributed by atoms with Gasteiger partial charge in [0.2, 0.25) is 5.95 Å². The molecule has 0 saturated carbocycles. The van der Waals surface area contributed by atoms with E-state index in [-0.39, 0.29) is 4.87 Å². The number of aromatic nitrogens is 2. The first kappa shape index (κ1) is 14.5. The summed E-state index contributed by atoms with van der Waals surface area (Å²) in [6, 6.07) is 15.2. The lowest BCUT2D eigenvalue weighted by Gasteiger charge is -2.08. The Morgan fingerprint density at radius 2 is 1.52 bits per heavy atom. The van der Waals surface area contributed by atoms with Crippen LogP contribution >= 0.6 is 43.4 Å². The van der Waals surface area contributed by atoms with Gasteiger partial charge in [0.05, 0.1) is 5.69 Å². The maximum Gasteiger partial charge on any atom is 0.332 e. The molecule has 1 heterocycles. The van der Waals surface area contributed by atoms with E-state index in [4.69, 9.17) is 0 Å². The number of hydrogen-bond donors (Lipinski definition) is 1. The van der Waals surface area contributed by atoms with Crippen molar-refractivity contribution < 1.29 is 0 Å². The van der Waals surface area contributed by atoms with Gasteiger partial charge in [-0.1, -0.05) is 31.9 Å². The van der Waals surface area contributed by atoms with Gasteiger partial charge in [0, 0.05) is 26.2 Å². The Hall–Kier alpha value is -1.44. The monoisotopic (exact) mass is 425 g/mol. The van der Waals surface area contributed by atoms with E-state index in [9.17, 15) is 4.79 Å². The van der Waals surface area contributed by atoms with E-state index in [1.807, 2.05) is 48.5 Å². The molecule has 0 radical (unpaired) electrons. The summed E-state index contributed by atoms with van der Waals surface area (Å²) in [6.45, 7) is 0. The van der Waals surface area contributed by atoms with Crippen molar-refractivity contribution >= 4 is 55.0 Å².